The Kier molecular flexibility index (Phi) is 6.16. The highest BCUT2D eigenvalue weighted by molar-refractivity contribution is 4.76. The molecule has 0 aliphatic carbocycles. The minimum Gasteiger partial charge on any atom is -0.304 e. The molecule has 14 heavy (non-hydrogen) atoms. The van der Waals surface area contributed by atoms with Crippen LogP contribution in [-0.4, -0.2) is 30.7 Å². The molecule has 0 aromatic heterocycles. The maximum atomic E-state index is 12.2. The highest BCUT2D eigenvalue weighted by Gasteiger charge is 2.40. The van der Waals surface area contributed by atoms with E-state index in [1.54, 1.807) is 0 Å². The molecule has 0 N–H and O–H groups in total. The van der Waals surface area contributed by atoms with Gasteiger partial charge in [-0.1, -0.05) is 20.8 Å². The van der Waals surface area contributed by atoms with Crippen LogP contribution in [0.25, 0.3) is 0 Å². The summed E-state index contributed by atoms with van der Waals surface area (Å²) in [4.78, 5) is 2.06. The maximum absolute atomic E-state index is 12.2. The van der Waals surface area contributed by atoms with E-state index >= 15 is 0 Å². The number of hydrogen-bond acceptors (Lipinski definition) is 1. The van der Waals surface area contributed by atoms with Gasteiger partial charge >= 0.3 is 6.18 Å². The van der Waals surface area contributed by atoms with Crippen molar-refractivity contribution in [3.05, 3.63) is 0 Å². The third kappa shape index (κ3) is 4.31. The smallest absolute Gasteiger partial charge is 0.304 e. The van der Waals surface area contributed by atoms with Crippen LogP contribution in [-0.2, 0) is 0 Å². The quantitative estimate of drug-likeness (QED) is 0.643. The van der Waals surface area contributed by atoms with Crippen LogP contribution >= 0.6 is 0 Å². The standard InChI is InChI=1S/C8H14F3N.C2H6/c1-2-12-5-3-7(4-6-12)8(9,10)11;1-2/h7H,2-6H2,1H3;1-2H3. The molecule has 0 atom stereocenters. The molecule has 0 amide bonds. The Hall–Kier alpha value is -0.250. The third-order valence-electron chi connectivity index (χ3n) is 2.50. The average molecular weight is 211 g/mol. The van der Waals surface area contributed by atoms with Gasteiger partial charge in [0, 0.05) is 0 Å². The summed E-state index contributed by atoms with van der Waals surface area (Å²) in [5, 5.41) is 0. The first-order chi connectivity index (χ1) is 6.54. The first-order valence-electron chi connectivity index (χ1n) is 5.33. The molecule has 1 heterocycles. The van der Waals surface area contributed by atoms with Crippen molar-refractivity contribution in [2.45, 2.75) is 39.8 Å². The molecule has 0 aromatic carbocycles. The van der Waals surface area contributed by atoms with Crippen LogP contribution in [0.5, 0.6) is 0 Å². The van der Waals surface area contributed by atoms with Gasteiger partial charge in [-0.25, -0.2) is 0 Å². The molecule has 1 aliphatic heterocycles. The number of likely N-dealkylation sites (tertiary alicyclic amines) is 1. The van der Waals surface area contributed by atoms with E-state index in [1.165, 1.54) is 0 Å². The number of halogens is 3. The minimum absolute atomic E-state index is 0.275. The van der Waals surface area contributed by atoms with Gasteiger partial charge in [0.15, 0.2) is 0 Å². The fourth-order valence-electron chi connectivity index (χ4n) is 1.58. The lowest BCUT2D eigenvalue weighted by molar-refractivity contribution is -0.184. The summed E-state index contributed by atoms with van der Waals surface area (Å²) in [5.74, 6) is -1.06. The zero-order valence-electron chi connectivity index (χ0n) is 9.19. The molecule has 1 fully saturated rings. The van der Waals surface area contributed by atoms with E-state index in [4.69, 9.17) is 0 Å². The van der Waals surface area contributed by atoms with Crippen LogP contribution in [0.15, 0.2) is 0 Å². The molecule has 1 aliphatic rings. The second-order valence-corrected chi connectivity index (χ2v) is 3.25. The summed E-state index contributed by atoms with van der Waals surface area (Å²) >= 11 is 0. The lowest BCUT2D eigenvalue weighted by Crippen LogP contribution is -2.38. The van der Waals surface area contributed by atoms with Gasteiger partial charge in [0.2, 0.25) is 0 Å². The van der Waals surface area contributed by atoms with E-state index in [-0.39, 0.29) is 12.8 Å². The Balaban J connectivity index is 0.000000791. The Morgan fingerprint density at radius 3 is 1.86 bits per heavy atom. The Bertz CT molecular complexity index is 137. The van der Waals surface area contributed by atoms with E-state index in [1.807, 2.05) is 20.8 Å². The van der Waals surface area contributed by atoms with Gasteiger partial charge in [0.05, 0.1) is 5.92 Å². The summed E-state index contributed by atoms with van der Waals surface area (Å²) < 4.78 is 36.5. The molecule has 1 rings (SSSR count). The zero-order chi connectivity index (χ0) is 11.2. The van der Waals surface area contributed by atoms with Gasteiger partial charge in [-0.2, -0.15) is 13.2 Å². The first kappa shape index (κ1) is 13.8. The van der Waals surface area contributed by atoms with Crippen molar-refractivity contribution in [1.82, 2.24) is 4.90 Å². The van der Waals surface area contributed by atoms with Crippen LogP contribution < -0.4 is 0 Å². The summed E-state index contributed by atoms with van der Waals surface area (Å²) in [6, 6.07) is 0. The van der Waals surface area contributed by atoms with Crippen LogP contribution in [0.1, 0.15) is 33.6 Å². The number of piperidine rings is 1. The normalized spacial score (nSPS) is 20.1. The van der Waals surface area contributed by atoms with Gasteiger partial charge in [0.1, 0.15) is 0 Å². The summed E-state index contributed by atoms with van der Waals surface area (Å²) in [6.07, 6.45) is -3.42. The number of hydrogen-bond donors (Lipinski definition) is 0. The highest BCUT2D eigenvalue weighted by atomic mass is 19.4. The lowest BCUT2D eigenvalue weighted by atomic mass is 9.96. The van der Waals surface area contributed by atoms with Crippen molar-refractivity contribution < 1.29 is 13.2 Å². The molecule has 0 saturated carbocycles. The summed E-state index contributed by atoms with van der Waals surface area (Å²) in [7, 11) is 0. The molecule has 0 aromatic rings. The lowest BCUT2D eigenvalue weighted by Gasteiger charge is -2.31. The van der Waals surface area contributed by atoms with Crippen LogP contribution in [0, 0.1) is 5.92 Å². The van der Waals surface area contributed by atoms with Gasteiger partial charge in [-0.3, -0.25) is 0 Å². The summed E-state index contributed by atoms with van der Waals surface area (Å²) in [6.45, 7) is 8.04. The third-order valence-corrected chi connectivity index (χ3v) is 2.50. The van der Waals surface area contributed by atoms with E-state index in [0.29, 0.717) is 13.1 Å². The molecular formula is C10H20F3N. The molecule has 86 valence electrons. The van der Waals surface area contributed by atoms with Crippen molar-refractivity contribution in [2.24, 2.45) is 5.92 Å². The second kappa shape index (κ2) is 6.27. The molecule has 1 saturated heterocycles. The number of alkyl halides is 3. The molecule has 0 unspecified atom stereocenters. The molecule has 1 nitrogen and oxygen atoms in total. The van der Waals surface area contributed by atoms with Crippen molar-refractivity contribution in [1.29, 1.82) is 0 Å². The van der Waals surface area contributed by atoms with E-state index < -0.39 is 12.1 Å². The van der Waals surface area contributed by atoms with Crippen molar-refractivity contribution >= 4 is 0 Å². The monoisotopic (exact) mass is 211 g/mol. The van der Waals surface area contributed by atoms with Crippen LogP contribution in [0.3, 0.4) is 0 Å². The van der Waals surface area contributed by atoms with Gasteiger partial charge in [-0.05, 0) is 32.5 Å². The number of rotatable bonds is 1. The Morgan fingerprint density at radius 2 is 1.57 bits per heavy atom. The largest absolute Gasteiger partial charge is 0.391 e. The predicted octanol–water partition coefficient (Wildman–Crippen LogP) is 3.31. The SMILES string of the molecule is CC.CCN1CCC(C(F)(F)F)CC1. The van der Waals surface area contributed by atoms with Crippen LogP contribution in [0.2, 0.25) is 0 Å². The highest BCUT2D eigenvalue weighted by Crippen LogP contribution is 2.33. The van der Waals surface area contributed by atoms with Gasteiger partial charge in [-0.15, -0.1) is 0 Å². The topological polar surface area (TPSA) is 3.24 Å². The number of nitrogens with zero attached hydrogens (tertiary/aromatic N) is 1. The Morgan fingerprint density at radius 1 is 1.14 bits per heavy atom. The van der Waals surface area contributed by atoms with Gasteiger partial charge < -0.3 is 4.90 Å². The van der Waals surface area contributed by atoms with Crippen molar-refractivity contribution in [3.63, 3.8) is 0 Å². The maximum Gasteiger partial charge on any atom is 0.391 e. The van der Waals surface area contributed by atoms with E-state index in [0.717, 1.165) is 6.54 Å². The first-order valence-corrected chi connectivity index (χ1v) is 5.33. The average Bonchev–Trinajstić information content (AvgIpc) is 2.20. The molecule has 4 heteroatoms. The van der Waals surface area contributed by atoms with Crippen molar-refractivity contribution in [2.75, 3.05) is 19.6 Å². The van der Waals surface area contributed by atoms with Gasteiger partial charge in [0.25, 0.3) is 0 Å². The van der Waals surface area contributed by atoms with Crippen LogP contribution in [0.4, 0.5) is 13.2 Å². The molecule has 0 spiro atoms. The minimum atomic E-state index is -3.97. The van der Waals surface area contributed by atoms with E-state index in [2.05, 4.69) is 4.90 Å². The second-order valence-electron chi connectivity index (χ2n) is 3.25. The summed E-state index contributed by atoms with van der Waals surface area (Å²) in [5.41, 5.74) is 0. The fourth-order valence-corrected chi connectivity index (χ4v) is 1.58. The van der Waals surface area contributed by atoms with Crippen molar-refractivity contribution in [3.8, 4) is 0 Å². The molecule has 0 bridgehead atoms. The molecule has 0 radical (unpaired) electrons. The Labute approximate surface area is 84.3 Å². The predicted molar refractivity (Wildman–Crippen MR) is 52.2 cm³/mol. The zero-order valence-corrected chi connectivity index (χ0v) is 9.19. The van der Waals surface area contributed by atoms with E-state index in [9.17, 15) is 13.2 Å². The fraction of sp³-hybridized carbons (Fsp3) is 1.00. The molecular weight excluding hydrogens is 191 g/mol.